The molecule has 140 valence electrons. The average Bonchev–Trinajstić information content (AvgIpc) is 2.54. The summed E-state index contributed by atoms with van der Waals surface area (Å²) >= 11 is 0. The van der Waals surface area contributed by atoms with Crippen LogP contribution >= 0.6 is 0 Å². The number of hydrogen-bond donors (Lipinski definition) is 2. The molecule has 1 aromatic rings. The molecule has 5 heteroatoms. The van der Waals surface area contributed by atoms with Gasteiger partial charge in [0.15, 0.2) is 0 Å². The van der Waals surface area contributed by atoms with Gasteiger partial charge in [0.2, 0.25) is 0 Å². The molecule has 2 unspecified atom stereocenters. The number of amides is 1. The second-order valence-corrected chi connectivity index (χ2v) is 7.68. The molecule has 5 nitrogen and oxygen atoms in total. The SMILES string of the molecule is CC(C)(C)OC(=O)NC1CCCC(NCCCOc2ccccc2)C1. The van der Waals surface area contributed by atoms with E-state index in [0.717, 1.165) is 44.4 Å². The van der Waals surface area contributed by atoms with E-state index in [9.17, 15) is 4.79 Å². The maximum absolute atomic E-state index is 11.9. The monoisotopic (exact) mass is 348 g/mol. The molecule has 1 aromatic carbocycles. The van der Waals surface area contributed by atoms with Crippen molar-refractivity contribution < 1.29 is 14.3 Å². The van der Waals surface area contributed by atoms with Crippen molar-refractivity contribution in [3.05, 3.63) is 30.3 Å². The van der Waals surface area contributed by atoms with Gasteiger partial charge in [0.1, 0.15) is 11.4 Å². The molecule has 1 fully saturated rings. The Hall–Kier alpha value is -1.75. The first-order valence-electron chi connectivity index (χ1n) is 9.33. The van der Waals surface area contributed by atoms with Crippen molar-refractivity contribution in [3.63, 3.8) is 0 Å². The Kier molecular flexibility index (Phi) is 7.56. The summed E-state index contributed by atoms with van der Waals surface area (Å²) in [5.41, 5.74) is -0.449. The number of rotatable bonds is 7. The van der Waals surface area contributed by atoms with E-state index in [2.05, 4.69) is 10.6 Å². The summed E-state index contributed by atoms with van der Waals surface area (Å²) < 4.78 is 11.0. The quantitative estimate of drug-likeness (QED) is 0.734. The molecular weight excluding hydrogens is 316 g/mol. The summed E-state index contributed by atoms with van der Waals surface area (Å²) in [5, 5.41) is 6.59. The van der Waals surface area contributed by atoms with E-state index in [-0.39, 0.29) is 12.1 Å². The highest BCUT2D eigenvalue weighted by atomic mass is 16.6. The molecule has 2 rings (SSSR count). The van der Waals surface area contributed by atoms with Crippen LogP contribution in [0, 0.1) is 0 Å². The fourth-order valence-corrected chi connectivity index (χ4v) is 3.07. The van der Waals surface area contributed by atoms with Gasteiger partial charge in [-0.2, -0.15) is 0 Å². The van der Waals surface area contributed by atoms with Gasteiger partial charge in [0.25, 0.3) is 0 Å². The lowest BCUT2D eigenvalue weighted by Crippen LogP contribution is -2.45. The Morgan fingerprint density at radius 2 is 1.88 bits per heavy atom. The number of hydrogen-bond acceptors (Lipinski definition) is 4. The van der Waals surface area contributed by atoms with Gasteiger partial charge in [-0.1, -0.05) is 18.2 Å². The predicted molar refractivity (Wildman–Crippen MR) is 100.0 cm³/mol. The van der Waals surface area contributed by atoms with Gasteiger partial charge >= 0.3 is 6.09 Å². The number of alkyl carbamates (subject to hydrolysis) is 1. The minimum Gasteiger partial charge on any atom is -0.494 e. The van der Waals surface area contributed by atoms with Gasteiger partial charge in [-0.25, -0.2) is 4.79 Å². The van der Waals surface area contributed by atoms with Crippen molar-refractivity contribution in [2.75, 3.05) is 13.2 Å². The molecule has 0 aromatic heterocycles. The second-order valence-electron chi connectivity index (χ2n) is 7.68. The summed E-state index contributed by atoms with van der Waals surface area (Å²) in [7, 11) is 0. The summed E-state index contributed by atoms with van der Waals surface area (Å²) in [5.74, 6) is 0.918. The highest BCUT2D eigenvalue weighted by Gasteiger charge is 2.25. The number of carbonyl (C=O) groups excluding carboxylic acids is 1. The Balaban J connectivity index is 1.60. The minimum atomic E-state index is -0.449. The number of para-hydroxylation sites is 1. The van der Waals surface area contributed by atoms with Crippen molar-refractivity contribution in [2.45, 2.75) is 70.6 Å². The van der Waals surface area contributed by atoms with Gasteiger partial charge in [-0.3, -0.25) is 0 Å². The largest absolute Gasteiger partial charge is 0.494 e. The molecule has 1 aliphatic carbocycles. The van der Waals surface area contributed by atoms with Crippen LogP contribution in [0.5, 0.6) is 5.75 Å². The fraction of sp³-hybridized carbons (Fsp3) is 0.650. The third kappa shape index (κ3) is 8.25. The molecule has 0 spiro atoms. The lowest BCUT2D eigenvalue weighted by molar-refractivity contribution is 0.0488. The standard InChI is InChI=1S/C20H32N2O3/c1-20(2,3)25-19(23)22-17-10-7-9-16(15-17)21-13-8-14-24-18-11-5-4-6-12-18/h4-6,11-12,16-17,21H,7-10,13-15H2,1-3H3,(H,22,23). The Bertz CT molecular complexity index is 513. The predicted octanol–water partition coefficient (Wildman–Crippen LogP) is 3.88. The molecule has 1 saturated carbocycles. The molecule has 2 N–H and O–H groups in total. The van der Waals surface area contributed by atoms with Gasteiger partial charge < -0.3 is 20.1 Å². The van der Waals surface area contributed by atoms with Crippen LogP contribution in [-0.4, -0.2) is 36.9 Å². The maximum atomic E-state index is 11.9. The van der Waals surface area contributed by atoms with Gasteiger partial charge in [-0.15, -0.1) is 0 Å². The Labute approximate surface area is 151 Å². The van der Waals surface area contributed by atoms with Crippen LogP contribution in [0.25, 0.3) is 0 Å². The molecule has 0 heterocycles. The Morgan fingerprint density at radius 3 is 2.60 bits per heavy atom. The van der Waals surface area contributed by atoms with Crippen molar-refractivity contribution in [3.8, 4) is 5.75 Å². The third-order valence-corrected chi connectivity index (χ3v) is 4.16. The maximum Gasteiger partial charge on any atom is 0.407 e. The van der Waals surface area contributed by atoms with Gasteiger partial charge in [0, 0.05) is 12.1 Å². The zero-order valence-electron chi connectivity index (χ0n) is 15.7. The molecule has 0 saturated heterocycles. The second kappa shape index (κ2) is 9.66. The van der Waals surface area contributed by atoms with Crippen molar-refractivity contribution in [1.82, 2.24) is 10.6 Å². The van der Waals surface area contributed by atoms with Crippen LogP contribution in [0.2, 0.25) is 0 Å². The molecule has 25 heavy (non-hydrogen) atoms. The Morgan fingerprint density at radius 1 is 1.16 bits per heavy atom. The van der Waals surface area contributed by atoms with E-state index >= 15 is 0 Å². The van der Waals surface area contributed by atoms with Crippen LogP contribution in [0.3, 0.4) is 0 Å². The van der Waals surface area contributed by atoms with E-state index in [0.29, 0.717) is 12.6 Å². The summed E-state index contributed by atoms with van der Waals surface area (Å²) in [6.45, 7) is 7.29. The van der Waals surface area contributed by atoms with E-state index in [1.165, 1.54) is 0 Å². The van der Waals surface area contributed by atoms with E-state index in [1.54, 1.807) is 0 Å². The zero-order chi connectivity index (χ0) is 18.1. The van der Waals surface area contributed by atoms with Gasteiger partial charge in [-0.05, 0) is 71.6 Å². The average molecular weight is 348 g/mol. The molecule has 1 amide bonds. The summed E-state index contributed by atoms with van der Waals surface area (Å²) in [6.07, 6.45) is 4.92. The van der Waals surface area contributed by atoms with Crippen LogP contribution in [0.1, 0.15) is 52.9 Å². The molecule has 0 bridgehead atoms. The first kappa shape index (κ1) is 19.6. The highest BCUT2D eigenvalue weighted by Crippen LogP contribution is 2.19. The van der Waals surface area contributed by atoms with Crippen LogP contribution in [-0.2, 0) is 4.74 Å². The molecule has 0 radical (unpaired) electrons. The van der Waals surface area contributed by atoms with E-state index in [4.69, 9.17) is 9.47 Å². The molecule has 2 atom stereocenters. The van der Waals surface area contributed by atoms with Gasteiger partial charge in [0.05, 0.1) is 6.61 Å². The summed E-state index contributed by atoms with van der Waals surface area (Å²) in [4.78, 5) is 11.9. The van der Waals surface area contributed by atoms with Crippen LogP contribution in [0.15, 0.2) is 30.3 Å². The number of carbonyl (C=O) groups is 1. The van der Waals surface area contributed by atoms with Crippen LogP contribution in [0.4, 0.5) is 4.79 Å². The van der Waals surface area contributed by atoms with Crippen molar-refractivity contribution >= 4 is 6.09 Å². The first-order chi connectivity index (χ1) is 11.9. The first-order valence-corrected chi connectivity index (χ1v) is 9.33. The lowest BCUT2D eigenvalue weighted by atomic mass is 9.91. The smallest absolute Gasteiger partial charge is 0.407 e. The zero-order valence-corrected chi connectivity index (χ0v) is 15.7. The highest BCUT2D eigenvalue weighted by molar-refractivity contribution is 5.68. The van der Waals surface area contributed by atoms with Crippen LogP contribution < -0.4 is 15.4 Å². The summed E-state index contributed by atoms with van der Waals surface area (Å²) in [6, 6.07) is 10.5. The molecule has 1 aliphatic rings. The lowest BCUT2D eigenvalue weighted by Gasteiger charge is -2.31. The number of benzene rings is 1. The number of ether oxygens (including phenoxy) is 2. The van der Waals surface area contributed by atoms with E-state index in [1.807, 2.05) is 51.1 Å². The minimum absolute atomic E-state index is 0.196. The number of nitrogens with one attached hydrogen (secondary N) is 2. The molecular formula is C20H32N2O3. The normalized spacial score (nSPS) is 20.8. The topological polar surface area (TPSA) is 59.6 Å². The van der Waals surface area contributed by atoms with Crippen molar-refractivity contribution in [2.24, 2.45) is 0 Å². The molecule has 0 aliphatic heterocycles. The third-order valence-electron chi connectivity index (χ3n) is 4.16. The van der Waals surface area contributed by atoms with Crippen molar-refractivity contribution in [1.29, 1.82) is 0 Å². The fourth-order valence-electron chi connectivity index (χ4n) is 3.07. The van der Waals surface area contributed by atoms with E-state index < -0.39 is 5.60 Å².